The zero-order valence-electron chi connectivity index (χ0n) is 11.8. The second-order valence-electron chi connectivity index (χ2n) is 4.46. The van der Waals surface area contributed by atoms with Crippen molar-refractivity contribution in [2.45, 2.75) is 11.7 Å². The van der Waals surface area contributed by atoms with E-state index >= 15 is 0 Å². The summed E-state index contributed by atoms with van der Waals surface area (Å²) in [6.45, 7) is 0.566. The van der Waals surface area contributed by atoms with Gasteiger partial charge in [0.15, 0.2) is 0 Å². The Kier molecular flexibility index (Phi) is 4.48. The molecule has 0 saturated carbocycles. The first-order valence-corrected chi connectivity index (χ1v) is 7.48. The van der Waals surface area contributed by atoms with Crippen LogP contribution < -0.4 is 0 Å². The molecule has 0 atom stereocenters. The molecule has 3 rings (SSSR count). The normalized spacial score (nSPS) is 11.1. The maximum Gasteiger partial charge on any atom is 0.433 e. The van der Waals surface area contributed by atoms with Crippen molar-refractivity contribution < 1.29 is 9.34 Å². The SMILES string of the molecule is O=[N+]([O-])c1ccc(/C=C/Sc2nnnn2Cc2ccccc2)o1. The quantitative estimate of drug-likeness (QED) is 0.389. The van der Waals surface area contributed by atoms with Gasteiger partial charge in [0.25, 0.3) is 0 Å². The van der Waals surface area contributed by atoms with Gasteiger partial charge in [0.05, 0.1) is 12.6 Å². The maximum absolute atomic E-state index is 10.5. The van der Waals surface area contributed by atoms with Crippen LogP contribution in [0.5, 0.6) is 0 Å². The summed E-state index contributed by atoms with van der Waals surface area (Å²) in [6, 6.07) is 12.7. The van der Waals surface area contributed by atoms with E-state index in [1.54, 1.807) is 16.2 Å². The average Bonchev–Trinajstić information content (AvgIpc) is 3.19. The average molecular weight is 329 g/mol. The number of benzene rings is 1. The Morgan fingerprint density at radius 2 is 2.09 bits per heavy atom. The summed E-state index contributed by atoms with van der Waals surface area (Å²) >= 11 is 1.30. The number of hydrogen-bond donors (Lipinski definition) is 0. The standard InChI is InChI=1S/C14H11N5O3S/c20-19(21)13-7-6-12(22-13)8-9-23-14-15-16-17-18(14)10-11-4-2-1-3-5-11/h1-9H,10H2/b9-8+. The Bertz CT molecular complexity index is 828. The smallest absolute Gasteiger partial charge is 0.401 e. The van der Waals surface area contributed by atoms with Gasteiger partial charge in [-0.2, -0.15) is 0 Å². The van der Waals surface area contributed by atoms with Crippen LogP contribution in [0.15, 0.2) is 57.4 Å². The third-order valence-electron chi connectivity index (χ3n) is 2.87. The van der Waals surface area contributed by atoms with Crippen molar-refractivity contribution in [1.29, 1.82) is 0 Å². The molecule has 0 bridgehead atoms. The lowest BCUT2D eigenvalue weighted by molar-refractivity contribution is -0.402. The van der Waals surface area contributed by atoms with Gasteiger partial charge in [-0.05, 0) is 33.5 Å². The monoisotopic (exact) mass is 329 g/mol. The molecule has 23 heavy (non-hydrogen) atoms. The maximum atomic E-state index is 10.5. The second kappa shape index (κ2) is 6.88. The number of tetrazole rings is 1. The van der Waals surface area contributed by atoms with E-state index in [2.05, 4.69) is 15.5 Å². The lowest BCUT2D eigenvalue weighted by Gasteiger charge is -2.02. The first kappa shape index (κ1) is 15.0. The summed E-state index contributed by atoms with van der Waals surface area (Å²) < 4.78 is 6.71. The van der Waals surface area contributed by atoms with E-state index in [4.69, 9.17) is 4.42 Å². The molecule has 0 unspecified atom stereocenters. The molecule has 0 saturated heterocycles. The first-order chi connectivity index (χ1) is 11.2. The van der Waals surface area contributed by atoms with E-state index < -0.39 is 4.92 Å². The van der Waals surface area contributed by atoms with Crippen molar-refractivity contribution in [2.75, 3.05) is 0 Å². The second-order valence-corrected chi connectivity index (χ2v) is 5.33. The molecule has 0 radical (unpaired) electrons. The molecule has 0 amide bonds. The van der Waals surface area contributed by atoms with Crippen LogP contribution in [0.1, 0.15) is 11.3 Å². The van der Waals surface area contributed by atoms with Crippen LogP contribution in [0, 0.1) is 10.1 Å². The van der Waals surface area contributed by atoms with Gasteiger partial charge in [-0.3, -0.25) is 10.1 Å². The predicted octanol–water partition coefficient (Wildman–Crippen LogP) is 2.99. The van der Waals surface area contributed by atoms with Crippen molar-refractivity contribution in [2.24, 2.45) is 0 Å². The van der Waals surface area contributed by atoms with Crippen LogP contribution in [-0.4, -0.2) is 25.1 Å². The van der Waals surface area contributed by atoms with Crippen LogP contribution in [0.4, 0.5) is 5.88 Å². The lowest BCUT2D eigenvalue weighted by Crippen LogP contribution is -2.03. The van der Waals surface area contributed by atoms with Gasteiger partial charge in [0, 0.05) is 0 Å². The number of aromatic nitrogens is 4. The Morgan fingerprint density at radius 3 is 2.83 bits per heavy atom. The zero-order valence-corrected chi connectivity index (χ0v) is 12.6. The van der Waals surface area contributed by atoms with Crippen molar-refractivity contribution >= 4 is 23.7 Å². The fourth-order valence-corrected chi connectivity index (χ4v) is 2.46. The summed E-state index contributed by atoms with van der Waals surface area (Å²) in [5.41, 5.74) is 1.09. The number of furan rings is 1. The van der Waals surface area contributed by atoms with Gasteiger partial charge in [-0.1, -0.05) is 42.1 Å². The molecular weight excluding hydrogens is 318 g/mol. The number of rotatable bonds is 6. The topological polar surface area (TPSA) is 99.9 Å². The van der Waals surface area contributed by atoms with Crippen LogP contribution in [0.25, 0.3) is 6.08 Å². The number of nitrogens with zero attached hydrogens (tertiary/aromatic N) is 5. The lowest BCUT2D eigenvalue weighted by atomic mass is 10.2. The van der Waals surface area contributed by atoms with Gasteiger partial charge < -0.3 is 4.42 Å². The zero-order chi connectivity index (χ0) is 16.1. The molecule has 0 spiro atoms. The van der Waals surface area contributed by atoms with Gasteiger partial charge in [-0.25, -0.2) is 4.68 Å². The van der Waals surface area contributed by atoms with Crippen molar-refractivity contribution in [3.05, 3.63) is 69.3 Å². The predicted molar refractivity (Wildman–Crippen MR) is 83.6 cm³/mol. The van der Waals surface area contributed by atoms with E-state index in [1.165, 1.54) is 23.9 Å². The number of nitro groups is 1. The highest BCUT2D eigenvalue weighted by atomic mass is 32.2. The molecule has 0 aliphatic carbocycles. The largest absolute Gasteiger partial charge is 0.433 e. The molecular formula is C14H11N5O3S. The van der Waals surface area contributed by atoms with Gasteiger partial charge in [0.2, 0.25) is 5.16 Å². The summed E-state index contributed by atoms with van der Waals surface area (Å²) in [5.74, 6) is 0.106. The highest BCUT2D eigenvalue weighted by Crippen LogP contribution is 2.21. The van der Waals surface area contributed by atoms with Crippen molar-refractivity contribution in [3.8, 4) is 0 Å². The Hall–Kier alpha value is -2.94. The number of thioether (sulfide) groups is 1. The minimum atomic E-state index is -0.578. The summed E-state index contributed by atoms with van der Waals surface area (Å²) in [7, 11) is 0. The molecule has 116 valence electrons. The van der Waals surface area contributed by atoms with Crippen LogP contribution in [0.3, 0.4) is 0 Å². The van der Waals surface area contributed by atoms with Crippen molar-refractivity contribution in [1.82, 2.24) is 20.2 Å². The van der Waals surface area contributed by atoms with Gasteiger partial charge >= 0.3 is 5.88 Å². The molecule has 2 aromatic heterocycles. The van der Waals surface area contributed by atoms with Crippen LogP contribution >= 0.6 is 11.8 Å². The molecule has 3 aromatic rings. The summed E-state index contributed by atoms with van der Waals surface area (Å²) in [5, 5.41) is 24.5. The third kappa shape index (κ3) is 3.83. The Morgan fingerprint density at radius 1 is 1.26 bits per heavy atom. The van der Waals surface area contributed by atoms with E-state index in [-0.39, 0.29) is 5.88 Å². The Labute approximate surface area is 135 Å². The van der Waals surface area contributed by atoms with E-state index in [0.717, 1.165) is 5.56 Å². The minimum Gasteiger partial charge on any atom is -0.401 e. The molecule has 0 aliphatic heterocycles. The van der Waals surface area contributed by atoms with Gasteiger partial charge in [0.1, 0.15) is 10.7 Å². The van der Waals surface area contributed by atoms with E-state index in [9.17, 15) is 10.1 Å². The molecule has 0 aliphatic rings. The molecule has 2 heterocycles. The highest BCUT2D eigenvalue weighted by Gasteiger charge is 2.10. The summed E-state index contributed by atoms with van der Waals surface area (Å²) in [6.07, 6.45) is 1.62. The molecule has 9 heteroatoms. The highest BCUT2D eigenvalue weighted by molar-refractivity contribution is 8.02. The third-order valence-corrected chi connectivity index (χ3v) is 3.65. The minimum absolute atomic E-state index is 0.288. The van der Waals surface area contributed by atoms with Gasteiger partial charge in [-0.15, -0.1) is 5.10 Å². The Balaban J connectivity index is 1.65. The molecule has 1 aromatic carbocycles. The molecule has 0 fully saturated rings. The fourth-order valence-electron chi connectivity index (χ4n) is 1.83. The number of hydrogen-bond acceptors (Lipinski definition) is 7. The first-order valence-electron chi connectivity index (χ1n) is 6.60. The molecule has 0 N–H and O–H groups in total. The summed E-state index contributed by atoms with van der Waals surface area (Å²) in [4.78, 5) is 9.97. The van der Waals surface area contributed by atoms with E-state index in [1.807, 2.05) is 30.3 Å². The van der Waals surface area contributed by atoms with E-state index in [0.29, 0.717) is 17.5 Å². The van der Waals surface area contributed by atoms with Crippen LogP contribution in [0.2, 0.25) is 0 Å². The van der Waals surface area contributed by atoms with Crippen molar-refractivity contribution in [3.63, 3.8) is 0 Å². The fraction of sp³-hybridized carbons (Fsp3) is 0.0714. The molecule has 8 nitrogen and oxygen atoms in total. The van der Waals surface area contributed by atoms with Crippen LogP contribution in [-0.2, 0) is 6.54 Å².